The summed E-state index contributed by atoms with van der Waals surface area (Å²) in [5.41, 5.74) is 1.28. The molecule has 0 aliphatic heterocycles. The predicted octanol–water partition coefficient (Wildman–Crippen LogP) is 2.70. The topological polar surface area (TPSA) is 33.7 Å². The molecule has 1 aromatic rings. The Bertz CT molecular complexity index is 385. The largest absolute Gasteiger partial charge is 0.497 e. The molecule has 4 nitrogen and oxygen atoms in total. The zero-order valence-corrected chi connectivity index (χ0v) is 13.9. The summed E-state index contributed by atoms with van der Waals surface area (Å²) in [6.45, 7) is 6.06. The summed E-state index contributed by atoms with van der Waals surface area (Å²) < 4.78 is 10.5. The van der Waals surface area contributed by atoms with Gasteiger partial charge in [-0.25, -0.2) is 0 Å². The number of hydrogen-bond acceptors (Lipinski definition) is 4. The van der Waals surface area contributed by atoms with Crippen molar-refractivity contribution in [1.82, 2.24) is 10.2 Å². The maximum absolute atomic E-state index is 5.34. The lowest BCUT2D eigenvalue weighted by Crippen LogP contribution is -2.34. The highest BCUT2D eigenvalue weighted by atomic mass is 16.5. The van der Waals surface area contributed by atoms with Gasteiger partial charge in [-0.2, -0.15) is 0 Å². The highest BCUT2D eigenvalue weighted by Gasteiger charge is 2.13. The van der Waals surface area contributed by atoms with Gasteiger partial charge in [0.25, 0.3) is 0 Å². The fourth-order valence-corrected chi connectivity index (χ4v) is 2.35. The molecule has 1 atom stereocenters. The van der Waals surface area contributed by atoms with E-state index in [2.05, 4.69) is 42.4 Å². The van der Waals surface area contributed by atoms with E-state index in [1.54, 1.807) is 14.2 Å². The second-order valence-corrected chi connectivity index (χ2v) is 5.39. The fourth-order valence-electron chi connectivity index (χ4n) is 2.35. The van der Waals surface area contributed by atoms with Crippen molar-refractivity contribution in [3.8, 4) is 5.75 Å². The Morgan fingerprint density at radius 2 is 2.10 bits per heavy atom. The van der Waals surface area contributed by atoms with Crippen LogP contribution in [0.2, 0.25) is 0 Å². The summed E-state index contributed by atoms with van der Waals surface area (Å²) in [6.07, 6.45) is 2.19. The number of rotatable bonds is 11. The standard InChI is InChI=1S/C17H30N2O2/c1-5-10-18-17(14-19(2)11-7-12-20-3)15-8-6-9-16(13-15)21-4/h6,8-9,13,17-18H,5,7,10-12,14H2,1-4H3. The Balaban J connectivity index is 2.65. The van der Waals surface area contributed by atoms with Crippen molar-refractivity contribution in [2.45, 2.75) is 25.8 Å². The smallest absolute Gasteiger partial charge is 0.119 e. The zero-order chi connectivity index (χ0) is 15.5. The number of ether oxygens (including phenoxy) is 2. The minimum atomic E-state index is 0.326. The third-order valence-corrected chi connectivity index (χ3v) is 3.52. The molecule has 1 rings (SSSR count). The van der Waals surface area contributed by atoms with Crippen LogP contribution in [0.25, 0.3) is 0 Å². The van der Waals surface area contributed by atoms with Gasteiger partial charge in [0.2, 0.25) is 0 Å². The molecular weight excluding hydrogens is 264 g/mol. The van der Waals surface area contributed by atoms with Crippen molar-refractivity contribution < 1.29 is 9.47 Å². The lowest BCUT2D eigenvalue weighted by atomic mass is 10.1. The van der Waals surface area contributed by atoms with Crippen LogP contribution in [0, 0.1) is 0 Å². The number of benzene rings is 1. The molecule has 0 heterocycles. The first kappa shape index (κ1) is 18.0. The van der Waals surface area contributed by atoms with Crippen LogP contribution in [0.1, 0.15) is 31.4 Å². The molecule has 0 spiro atoms. The van der Waals surface area contributed by atoms with Crippen LogP contribution in [-0.4, -0.2) is 52.4 Å². The molecule has 21 heavy (non-hydrogen) atoms. The second-order valence-electron chi connectivity index (χ2n) is 5.39. The van der Waals surface area contributed by atoms with Crippen LogP contribution in [0.15, 0.2) is 24.3 Å². The normalized spacial score (nSPS) is 12.6. The number of nitrogens with zero attached hydrogens (tertiary/aromatic N) is 1. The van der Waals surface area contributed by atoms with Gasteiger partial charge < -0.3 is 19.7 Å². The minimum absolute atomic E-state index is 0.326. The van der Waals surface area contributed by atoms with E-state index in [-0.39, 0.29) is 0 Å². The Morgan fingerprint density at radius 3 is 2.76 bits per heavy atom. The molecule has 1 N–H and O–H groups in total. The number of likely N-dealkylation sites (N-methyl/N-ethyl adjacent to an activating group) is 1. The van der Waals surface area contributed by atoms with Gasteiger partial charge in [-0.05, 0) is 44.1 Å². The summed E-state index contributed by atoms with van der Waals surface area (Å²) in [5, 5.41) is 3.63. The molecule has 0 aliphatic rings. The molecule has 0 saturated carbocycles. The summed E-state index contributed by atoms with van der Waals surface area (Å²) in [4.78, 5) is 2.35. The van der Waals surface area contributed by atoms with Crippen molar-refractivity contribution >= 4 is 0 Å². The number of methoxy groups -OCH3 is 2. The average Bonchev–Trinajstić information content (AvgIpc) is 2.51. The lowest BCUT2D eigenvalue weighted by molar-refractivity contribution is 0.176. The maximum atomic E-state index is 5.34. The van der Waals surface area contributed by atoms with Gasteiger partial charge in [0.15, 0.2) is 0 Å². The van der Waals surface area contributed by atoms with E-state index >= 15 is 0 Å². The van der Waals surface area contributed by atoms with Crippen LogP contribution in [0.5, 0.6) is 5.75 Å². The van der Waals surface area contributed by atoms with E-state index in [9.17, 15) is 0 Å². The van der Waals surface area contributed by atoms with Gasteiger partial charge in [0, 0.05) is 32.8 Å². The van der Waals surface area contributed by atoms with Crippen molar-refractivity contribution in [3.63, 3.8) is 0 Å². The van der Waals surface area contributed by atoms with E-state index in [1.165, 1.54) is 5.56 Å². The van der Waals surface area contributed by atoms with Gasteiger partial charge in [0.05, 0.1) is 7.11 Å². The molecular formula is C17H30N2O2. The molecule has 4 heteroatoms. The average molecular weight is 294 g/mol. The van der Waals surface area contributed by atoms with E-state index in [1.807, 2.05) is 6.07 Å². The van der Waals surface area contributed by atoms with E-state index < -0.39 is 0 Å². The van der Waals surface area contributed by atoms with Gasteiger partial charge in [-0.1, -0.05) is 19.1 Å². The summed E-state index contributed by atoms with van der Waals surface area (Å²) in [5.74, 6) is 0.915. The molecule has 0 aromatic heterocycles. The first-order valence-corrected chi connectivity index (χ1v) is 7.76. The van der Waals surface area contributed by atoms with Gasteiger partial charge in [0.1, 0.15) is 5.75 Å². The third-order valence-electron chi connectivity index (χ3n) is 3.52. The minimum Gasteiger partial charge on any atom is -0.497 e. The van der Waals surface area contributed by atoms with Crippen LogP contribution >= 0.6 is 0 Å². The lowest BCUT2D eigenvalue weighted by Gasteiger charge is -2.25. The van der Waals surface area contributed by atoms with Crippen LogP contribution < -0.4 is 10.1 Å². The third kappa shape index (κ3) is 6.93. The summed E-state index contributed by atoms with van der Waals surface area (Å²) >= 11 is 0. The molecule has 0 aliphatic carbocycles. The van der Waals surface area contributed by atoms with Crippen molar-refractivity contribution in [3.05, 3.63) is 29.8 Å². The summed E-state index contributed by atoms with van der Waals surface area (Å²) in [7, 11) is 5.63. The Morgan fingerprint density at radius 1 is 1.29 bits per heavy atom. The quantitative estimate of drug-likeness (QED) is 0.636. The van der Waals surface area contributed by atoms with E-state index in [0.29, 0.717) is 6.04 Å². The highest BCUT2D eigenvalue weighted by molar-refractivity contribution is 5.30. The van der Waals surface area contributed by atoms with E-state index in [4.69, 9.17) is 9.47 Å². The van der Waals surface area contributed by atoms with Crippen LogP contribution in [0.3, 0.4) is 0 Å². The molecule has 120 valence electrons. The van der Waals surface area contributed by atoms with E-state index in [0.717, 1.165) is 44.8 Å². The second kappa shape index (κ2) is 10.6. The van der Waals surface area contributed by atoms with Crippen molar-refractivity contribution in [2.75, 3.05) is 47.5 Å². The molecule has 0 amide bonds. The number of nitrogens with one attached hydrogen (secondary N) is 1. The molecule has 0 saturated heterocycles. The Hall–Kier alpha value is -1.10. The zero-order valence-electron chi connectivity index (χ0n) is 13.9. The molecule has 0 fully saturated rings. The summed E-state index contributed by atoms with van der Waals surface area (Å²) in [6, 6.07) is 8.66. The molecule has 0 radical (unpaired) electrons. The van der Waals surface area contributed by atoms with Crippen molar-refractivity contribution in [1.29, 1.82) is 0 Å². The molecule has 0 bridgehead atoms. The van der Waals surface area contributed by atoms with Gasteiger partial charge in [-0.15, -0.1) is 0 Å². The van der Waals surface area contributed by atoms with Gasteiger partial charge in [-0.3, -0.25) is 0 Å². The fraction of sp³-hybridized carbons (Fsp3) is 0.647. The Labute approximate surface area is 129 Å². The molecule has 1 unspecified atom stereocenters. The van der Waals surface area contributed by atoms with Crippen LogP contribution in [0.4, 0.5) is 0 Å². The van der Waals surface area contributed by atoms with Gasteiger partial charge >= 0.3 is 0 Å². The van der Waals surface area contributed by atoms with Crippen molar-refractivity contribution in [2.24, 2.45) is 0 Å². The first-order chi connectivity index (χ1) is 10.2. The highest BCUT2D eigenvalue weighted by Crippen LogP contribution is 2.20. The van der Waals surface area contributed by atoms with Crippen LogP contribution in [-0.2, 0) is 4.74 Å². The Kier molecular flexibility index (Phi) is 9.06. The first-order valence-electron chi connectivity index (χ1n) is 7.76. The monoisotopic (exact) mass is 294 g/mol. The SMILES string of the molecule is CCCNC(CN(C)CCCOC)c1cccc(OC)c1. The number of hydrogen-bond donors (Lipinski definition) is 1. The predicted molar refractivity (Wildman–Crippen MR) is 88.0 cm³/mol. The maximum Gasteiger partial charge on any atom is 0.119 e. The molecule has 1 aromatic carbocycles.